The van der Waals surface area contributed by atoms with Crippen LogP contribution in [0.1, 0.15) is 342 Å². The molecule has 0 rings (SSSR count). The van der Waals surface area contributed by atoms with Crippen LogP contribution in [0.3, 0.4) is 0 Å². The molecule has 9 nitrogen and oxygen atoms in total. The number of phosphoric acid groups is 1. The predicted molar refractivity (Wildman–Crippen MR) is 349 cm³/mol. The molecule has 0 saturated carbocycles. The summed E-state index contributed by atoms with van der Waals surface area (Å²) in [6.45, 7) is 6.75. The van der Waals surface area contributed by atoms with Crippen LogP contribution in [0, 0.1) is 0 Å². The van der Waals surface area contributed by atoms with Crippen molar-refractivity contribution in [3.05, 3.63) is 48.6 Å². The Labute approximate surface area is 503 Å². The highest BCUT2D eigenvalue weighted by Gasteiger charge is 2.27. The van der Waals surface area contributed by atoms with Gasteiger partial charge in [0, 0.05) is 12.8 Å². The molecule has 81 heavy (non-hydrogen) atoms. The van der Waals surface area contributed by atoms with E-state index in [1.807, 2.05) is 33.3 Å². The van der Waals surface area contributed by atoms with Crippen LogP contribution in [0.15, 0.2) is 48.6 Å². The van der Waals surface area contributed by atoms with Crippen molar-refractivity contribution in [1.82, 2.24) is 5.32 Å². The number of likely N-dealkylation sites (N-methyl/N-ethyl adjacent to an activating group) is 1. The van der Waals surface area contributed by atoms with Gasteiger partial charge in [-0.2, -0.15) is 0 Å². The first-order valence-corrected chi connectivity index (χ1v) is 36.4. The van der Waals surface area contributed by atoms with E-state index in [9.17, 15) is 19.0 Å². The fraction of sp³-hybridized carbons (Fsp3) is 0.859. The quantitative estimate of drug-likeness (QED) is 0.0161. The van der Waals surface area contributed by atoms with E-state index in [4.69, 9.17) is 13.8 Å². The molecule has 0 aliphatic heterocycles. The Hall–Kier alpha value is -2.03. The average molecular weight is 1160 g/mol. The highest BCUT2D eigenvalue weighted by atomic mass is 31.2. The zero-order valence-corrected chi connectivity index (χ0v) is 55.4. The number of amides is 1. The molecule has 0 radical (unpaired) electrons. The standard InChI is InChI=1S/C71H135N2O7P/c1-7-10-13-16-19-22-25-28-30-31-32-33-34-35-36-37-38-39-40-41-43-46-49-52-55-58-61-64-71(75)80-69(62-59-56-53-50-47-44-27-24-21-18-15-12-9-3)68(67-79-81(76,77)78-66-65-73(4,5)6)72-70(74)63-60-57-54-51-48-45-42-29-26-23-20-17-14-11-8-2/h11,14,17,20,23,26,59,62,68-69H,7-10,12-13,15-16,18-19,21-22,24-25,27-58,60-61,63-67H2,1-6H3,(H-,72,74,76,77)/b14-11+,20-17+,26-23+,62-59-. The molecule has 3 unspecified atom stereocenters. The maximum atomic E-state index is 13.5. The molecule has 0 aliphatic carbocycles. The largest absolute Gasteiger partial charge is 0.756 e. The van der Waals surface area contributed by atoms with Gasteiger partial charge in [0.1, 0.15) is 19.3 Å². The lowest BCUT2D eigenvalue weighted by Crippen LogP contribution is -2.47. The van der Waals surface area contributed by atoms with E-state index in [-0.39, 0.29) is 24.9 Å². The number of carbonyl (C=O) groups is 2. The van der Waals surface area contributed by atoms with Gasteiger partial charge in [-0.25, -0.2) is 0 Å². The van der Waals surface area contributed by atoms with E-state index < -0.39 is 26.6 Å². The van der Waals surface area contributed by atoms with Crippen LogP contribution in [0.4, 0.5) is 0 Å². The minimum Gasteiger partial charge on any atom is -0.756 e. The molecule has 0 aliphatic rings. The Morgan fingerprint density at radius 2 is 0.790 bits per heavy atom. The number of hydrogen-bond acceptors (Lipinski definition) is 7. The third kappa shape index (κ3) is 62.3. The second-order valence-electron chi connectivity index (χ2n) is 25.1. The molecular weight excluding hydrogens is 1020 g/mol. The van der Waals surface area contributed by atoms with Crippen LogP contribution in [0.25, 0.3) is 0 Å². The molecule has 0 heterocycles. The van der Waals surface area contributed by atoms with Crippen molar-refractivity contribution in [1.29, 1.82) is 0 Å². The molecule has 10 heteroatoms. The number of rotatable bonds is 64. The van der Waals surface area contributed by atoms with Gasteiger partial charge in [-0.1, -0.05) is 327 Å². The third-order valence-corrected chi connectivity index (χ3v) is 16.8. The lowest BCUT2D eigenvalue weighted by atomic mass is 10.0. The summed E-state index contributed by atoms with van der Waals surface area (Å²) >= 11 is 0. The number of quaternary nitrogens is 1. The van der Waals surface area contributed by atoms with Gasteiger partial charge in [0.15, 0.2) is 0 Å². The number of nitrogens with one attached hydrogen (secondary N) is 1. The third-order valence-electron chi connectivity index (χ3n) is 15.8. The van der Waals surface area contributed by atoms with E-state index >= 15 is 0 Å². The van der Waals surface area contributed by atoms with Gasteiger partial charge in [-0.05, 0) is 51.0 Å². The summed E-state index contributed by atoms with van der Waals surface area (Å²) in [5, 5.41) is 3.03. The molecular formula is C71H135N2O7P. The van der Waals surface area contributed by atoms with Crippen LogP contribution in [0.2, 0.25) is 0 Å². The Morgan fingerprint density at radius 1 is 0.444 bits per heavy atom. The van der Waals surface area contributed by atoms with Gasteiger partial charge >= 0.3 is 5.97 Å². The lowest BCUT2D eigenvalue weighted by molar-refractivity contribution is -0.870. The van der Waals surface area contributed by atoms with Crippen molar-refractivity contribution in [3.8, 4) is 0 Å². The number of ether oxygens (including phenoxy) is 1. The summed E-state index contributed by atoms with van der Waals surface area (Å²) in [7, 11) is 1.19. The van der Waals surface area contributed by atoms with Crippen molar-refractivity contribution in [2.24, 2.45) is 0 Å². The minimum absolute atomic E-state index is 0.0237. The van der Waals surface area contributed by atoms with Crippen LogP contribution in [-0.2, 0) is 27.9 Å². The molecule has 0 aromatic rings. The molecule has 476 valence electrons. The van der Waals surface area contributed by atoms with E-state index in [1.54, 1.807) is 0 Å². The summed E-state index contributed by atoms with van der Waals surface area (Å²) in [5.74, 6) is -0.540. The van der Waals surface area contributed by atoms with Crippen molar-refractivity contribution >= 4 is 19.7 Å². The zero-order chi connectivity index (χ0) is 59.3. The number of unbranched alkanes of at least 4 members (excludes halogenated alkanes) is 44. The summed E-state index contributed by atoms with van der Waals surface area (Å²) in [6, 6.07) is -0.893. The first-order chi connectivity index (χ1) is 39.4. The highest BCUT2D eigenvalue weighted by Crippen LogP contribution is 2.38. The smallest absolute Gasteiger partial charge is 0.306 e. The number of nitrogens with zero attached hydrogens (tertiary/aromatic N) is 1. The Morgan fingerprint density at radius 3 is 1.17 bits per heavy atom. The van der Waals surface area contributed by atoms with Crippen LogP contribution in [0.5, 0.6) is 0 Å². The van der Waals surface area contributed by atoms with Gasteiger partial charge in [0.05, 0.1) is 33.8 Å². The molecule has 1 amide bonds. The lowest BCUT2D eigenvalue weighted by Gasteiger charge is -2.30. The maximum absolute atomic E-state index is 13.5. The van der Waals surface area contributed by atoms with Crippen molar-refractivity contribution in [2.75, 3.05) is 40.9 Å². The zero-order valence-electron chi connectivity index (χ0n) is 54.5. The number of carbonyl (C=O) groups excluding carboxylic acids is 2. The monoisotopic (exact) mass is 1160 g/mol. The molecule has 3 atom stereocenters. The van der Waals surface area contributed by atoms with Crippen LogP contribution >= 0.6 is 7.82 Å². The fourth-order valence-corrected chi connectivity index (χ4v) is 11.2. The van der Waals surface area contributed by atoms with E-state index in [1.165, 1.54) is 231 Å². The molecule has 0 aromatic carbocycles. The number of hydrogen-bond donors (Lipinski definition) is 1. The Balaban J connectivity index is 5.00. The molecule has 0 saturated heterocycles. The molecule has 1 N–H and O–H groups in total. The van der Waals surface area contributed by atoms with E-state index in [2.05, 4.69) is 62.5 Å². The van der Waals surface area contributed by atoms with Gasteiger partial charge in [0.25, 0.3) is 7.82 Å². The number of allylic oxidation sites excluding steroid dienone is 7. The SMILES string of the molecule is CC/C=C/C=C/C=C/CCCCCCCCCC(=O)NC(COP(=O)([O-])OCC[N+](C)(C)C)C(/C=C\CCCCCCCCCCCCC)OC(=O)CCCCCCCCCCCCCCCCCCCCCCCCCCCCC. The Bertz CT molecular complexity index is 1520. The van der Waals surface area contributed by atoms with Crippen LogP contribution < -0.4 is 10.2 Å². The van der Waals surface area contributed by atoms with Crippen molar-refractivity contribution in [2.45, 2.75) is 354 Å². The Kier molecular flexibility index (Phi) is 59.5. The second kappa shape index (κ2) is 61.1. The summed E-state index contributed by atoms with van der Waals surface area (Å²) in [4.78, 5) is 40.1. The van der Waals surface area contributed by atoms with Crippen LogP contribution in [-0.4, -0.2) is 69.4 Å². The predicted octanol–water partition coefficient (Wildman–Crippen LogP) is 21.4. The van der Waals surface area contributed by atoms with Gasteiger partial charge in [-0.3, -0.25) is 14.2 Å². The first-order valence-electron chi connectivity index (χ1n) is 35.0. The second-order valence-corrected chi connectivity index (χ2v) is 26.5. The number of esters is 1. The average Bonchev–Trinajstić information content (AvgIpc) is 3.44. The number of phosphoric ester groups is 1. The summed E-state index contributed by atoms with van der Waals surface area (Å²) in [5.41, 5.74) is 0. The molecule has 0 bridgehead atoms. The highest BCUT2D eigenvalue weighted by molar-refractivity contribution is 7.45. The first kappa shape index (κ1) is 79.0. The van der Waals surface area contributed by atoms with Gasteiger partial charge < -0.3 is 28.5 Å². The molecule has 0 spiro atoms. The van der Waals surface area contributed by atoms with E-state index in [0.717, 1.165) is 77.0 Å². The van der Waals surface area contributed by atoms with Gasteiger partial charge in [-0.15, -0.1) is 0 Å². The van der Waals surface area contributed by atoms with Crippen molar-refractivity contribution < 1.29 is 37.3 Å². The normalized spacial score (nSPS) is 13.8. The maximum Gasteiger partial charge on any atom is 0.306 e. The van der Waals surface area contributed by atoms with Crippen molar-refractivity contribution in [3.63, 3.8) is 0 Å². The van der Waals surface area contributed by atoms with Gasteiger partial charge in [0.2, 0.25) is 5.91 Å². The topological polar surface area (TPSA) is 114 Å². The molecule has 0 fully saturated rings. The summed E-state index contributed by atoms with van der Waals surface area (Å²) in [6.07, 6.45) is 76.7. The fourth-order valence-electron chi connectivity index (χ4n) is 10.5. The minimum atomic E-state index is -4.70. The summed E-state index contributed by atoms with van der Waals surface area (Å²) < 4.78 is 30.4. The molecule has 0 aromatic heterocycles. The van der Waals surface area contributed by atoms with E-state index in [0.29, 0.717) is 17.4 Å².